The third-order valence-corrected chi connectivity index (χ3v) is 4.40. The Balaban J connectivity index is 1.63. The lowest BCUT2D eigenvalue weighted by atomic mass is 9.98. The third-order valence-electron chi connectivity index (χ3n) is 4.40. The number of carboxylic acids is 1. The number of phenolic OH excluding ortho intramolecular Hbond substituents is 1. The second kappa shape index (κ2) is 7.48. The van der Waals surface area contributed by atoms with Crippen LogP contribution in [-0.2, 0) is 4.74 Å². The highest BCUT2D eigenvalue weighted by Gasteiger charge is 2.24. The highest BCUT2D eigenvalue weighted by molar-refractivity contribution is 5.88. The maximum atomic E-state index is 11.1. The number of benzene rings is 1. The number of aromatic hydroxyl groups is 1. The summed E-state index contributed by atoms with van der Waals surface area (Å²) < 4.78 is 6.15. The van der Waals surface area contributed by atoms with Crippen molar-refractivity contribution in [3.8, 4) is 5.75 Å². The highest BCUT2D eigenvalue weighted by atomic mass is 16.5. The molecule has 0 spiro atoms. The van der Waals surface area contributed by atoms with Gasteiger partial charge >= 0.3 is 5.97 Å². The van der Waals surface area contributed by atoms with E-state index >= 15 is 0 Å². The first-order valence-corrected chi connectivity index (χ1v) is 8.27. The van der Waals surface area contributed by atoms with E-state index in [1.807, 2.05) is 12.1 Å². The molecule has 1 saturated heterocycles. The number of nitrogens with one attached hydrogen (secondary N) is 1. The number of anilines is 1. The summed E-state index contributed by atoms with van der Waals surface area (Å²) in [7, 11) is 0. The van der Waals surface area contributed by atoms with Crippen molar-refractivity contribution in [3.63, 3.8) is 0 Å². The molecule has 0 bridgehead atoms. The molecule has 7 nitrogen and oxygen atoms in total. The molecule has 1 aromatic heterocycles. The molecule has 1 aliphatic rings. The first kappa shape index (κ1) is 17.2. The van der Waals surface area contributed by atoms with E-state index in [4.69, 9.17) is 9.84 Å². The number of ether oxygens (including phenoxy) is 1. The largest absolute Gasteiger partial charge is 0.508 e. The van der Waals surface area contributed by atoms with Gasteiger partial charge in [-0.05, 0) is 43.9 Å². The van der Waals surface area contributed by atoms with Gasteiger partial charge in [0, 0.05) is 12.1 Å². The number of nitrogens with zero attached hydrogens (tertiary/aromatic N) is 2. The number of carboxylic acid groups (broad SMARTS) is 1. The SMILES string of the molecule is Cc1c(NCC2CCC[C@H](c3ccc(O)cc3)O2)ncnc1C(=O)O. The lowest BCUT2D eigenvalue weighted by Gasteiger charge is -2.30. The zero-order chi connectivity index (χ0) is 17.8. The molecule has 0 saturated carbocycles. The number of rotatable bonds is 5. The number of hydrogen-bond donors (Lipinski definition) is 3. The summed E-state index contributed by atoms with van der Waals surface area (Å²) >= 11 is 0. The van der Waals surface area contributed by atoms with Crippen LogP contribution < -0.4 is 5.32 Å². The Bertz CT molecular complexity index is 748. The summed E-state index contributed by atoms with van der Waals surface area (Å²) in [5, 5.41) is 21.7. The molecule has 25 heavy (non-hydrogen) atoms. The maximum Gasteiger partial charge on any atom is 0.354 e. The van der Waals surface area contributed by atoms with Crippen molar-refractivity contribution >= 4 is 11.8 Å². The predicted octanol–water partition coefficient (Wildman–Crippen LogP) is 2.91. The average Bonchev–Trinajstić information content (AvgIpc) is 2.61. The minimum Gasteiger partial charge on any atom is -0.508 e. The van der Waals surface area contributed by atoms with Crippen LogP contribution >= 0.6 is 0 Å². The Morgan fingerprint density at radius 2 is 2.04 bits per heavy atom. The van der Waals surface area contributed by atoms with Gasteiger partial charge < -0.3 is 20.3 Å². The van der Waals surface area contributed by atoms with Crippen molar-refractivity contribution in [2.24, 2.45) is 0 Å². The van der Waals surface area contributed by atoms with Crippen molar-refractivity contribution < 1.29 is 19.7 Å². The van der Waals surface area contributed by atoms with E-state index in [-0.39, 0.29) is 23.7 Å². The molecule has 1 aliphatic heterocycles. The molecule has 0 amide bonds. The fourth-order valence-electron chi connectivity index (χ4n) is 3.04. The summed E-state index contributed by atoms with van der Waals surface area (Å²) in [6.07, 6.45) is 4.17. The van der Waals surface area contributed by atoms with E-state index in [0.29, 0.717) is 17.9 Å². The van der Waals surface area contributed by atoms with Gasteiger partial charge in [0.1, 0.15) is 17.9 Å². The van der Waals surface area contributed by atoms with Crippen LogP contribution in [0.2, 0.25) is 0 Å². The molecule has 0 aliphatic carbocycles. The monoisotopic (exact) mass is 343 g/mol. The number of carbonyl (C=O) groups is 1. The number of aromatic nitrogens is 2. The van der Waals surface area contributed by atoms with Gasteiger partial charge in [0.05, 0.1) is 12.2 Å². The second-order valence-corrected chi connectivity index (χ2v) is 6.15. The van der Waals surface area contributed by atoms with Crippen LogP contribution in [0.25, 0.3) is 0 Å². The molecule has 1 unspecified atom stereocenters. The summed E-state index contributed by atoms with van der Waals surface area (Å²) in [5.41, 5.74) is 1.57. The molecule has 1 aromatic carbocycles. The first-order valence-electron chi connectivity index (χ1n) is 8.27. The minimum atomic E-state index is -1.07. The molecule has 132 valence electrons. The standard InChI is InChI=1S/C18H21N3O4/c1-11-16(18(23)24)20-10-21-17(11)19-9-14-3-2-4-15(25-14)12-5-7-13(22)8-6-12/h5-8,10,14-15,22H,2-4,9H2,1H3,(H,23,24)(H,19,20,21)/t14?,15-/m1/s1. The molecule has 3 rings (SSSR count). The van der Waals surface area contributed by atoms with Gasteiger partial charge in [-0.2, -0.15) is 0 Å². The maximum absolute atomic E-state index is 11.1. The summed E-state index contributed by atoms with van der Waals surface area (Å²) in [5.74, 6) is -0.307. The van der Waals surface area contributed by atoms with Crippen molar-refractivity contribution in [2.45, 2.75) is 38.4 Å². The third kappa shape index (κ3) is 4.06. The smallest absolute Gasteiger partial charge is 0.354 e. The van der Waals surface area contributed by atoms with E-state index in [1.165, 1.54) is 6.33 Å². The molecule has 2 atom stereocenters. The van der Waals surface area contributed by atoms with Crippen molar-refractivity contribution in [1.82, 2.24) is 9.97 Å². The van der Waals surface area contributed by atoms with Gasteiger partial charge in [0.2, 0.25) is 0 Å². The van der Waals surface area contributed by atoms with Crippen LogP contribution in [0.3, 0.4) is 0 Å². The Kier molecular flexibility index (Phi) is 5.14. The number of hydrogen-bond acceptors (Lipinski definition) is 6. The van der Waals surface area contributed by atoms with Crippen LogP contribution in [0.15, 0.2) is 30.6 Å². The van der Waals surface area contributed by atoms with Gasteiger partial charge in [-0.25, -0.2) is 14.8 Å². The van der Waals surface area contributed by atoms with E-state index < -0.39 is 5.97 Å². The fourth-order valence-corrected chi connectivity index (χ4v) is 3.04. The Hall–Kier alpha value is -2.67. The molecule has 2 aromatic rings. The van der Waals surface area contributed by atoms with Gasteiger partial charge in [-0.1, -0.05) is 12.1 Å². The van der Waals surface area contributed by atoms with Crippen molar-refractivity contribution in [3.05, 3.63) is 47.4 Å². The number of phenols is 1. The highest BCUT2D eigenvalue weighted by Crippen LogP contribution is 2.32. The van der Waals surface area contributed by atoms with E-state index in [2.05, 4.69) is 15.3 Å². The lowest BCUT2D eigenvalue weighted by molar-refractivity contribution is -0.0442. The first-order chi connectivity index (χ1) is 12.0. The van der Waals surface area contributed by atoms with Crippen LogP contribution in [0.5, 0.6) is 5.75 Å². The van der Waals surface area contributed by atoms with Crippen molar-refractivity contribution in [1.29, 1.82) is 0 Å². The summed E-state index contributed by atoms with van der Waals surface area (Å²) in [6.45, 7) is 2.23. The van der Waals surface area contributed by atoms with Gasteiger partial charge in [0.25, 0.3) is 0 Å². The average molecular weight is 343 g/mol. The van der Waals surface area contributed by atoms with Crippen LogP contribution in [-0.4, -0.2) is 38.8 Å². The topological polar surface area (TPSA) is 105 Å². The van der Waals surface area contributed by atoms with Crippen LogP contribution in [0, 0.1) is 6.92 Å². The fraction of sp³-hybridized carbons (Fsp3) is 0.389. The predicted molar refractivity (Wildman–Crippen MR) is 91.8 cm³/mol. The van der Waals surface area contributed by atoms with Crippen LogP contribution in [0.4, 0.5) is 5.82 Å². The molecule has 2 heterocycles. The Labute approximate surface area is 145 Å². The van der Waals surface area contributed by atoms with E-state index in [0.717, 1.165) is 24.8 Å². The molecule has 7 heteroatoms. The number of aromatic carboxylic acids is 1. The minimum absolute atomic E-state index is 0.00206. The van der Waals surface area contributed by atoms with Gasteiger partial charge in [-0.3, -0.25) is 0 Å². The summed E-state index contributed by atoms with van der Waals surface area (Å²) in [6, 6.07) is 7.09. The van der Waals surface area contributed by atoms with Gasteiger partial charge in [-0.15, -0.1) is 0 Å². The molecule has 1 fully saturated rings. The zero-order valence-electron chi connectivity index (χ0n) is 14.0. The normalized spacial score (nSPS) is 20.2. The zero-order valence-corrected chi connectivity index (χ0v) is 14.0. The van der Waals surface area contributed by atoms with E-state index in [9.17, 15) is 9.90 Å². The van der Waals surface area contributed by atoms with E-state index in [1.54, 1.807) is 19.1 Å². The Morgan fingerprint density at radius 3 is 2.76 bits per heavy atom. The Morgan fingerprint density at radius 1 is 1.28 bits per heavy atom. The quantitative estimate of drug-likeness (QED) is 0.766. The van der Waals surface area contributed by atoms with Crippen LogP contribution in [0.1, 0.15) is 47.0 Å². The summed E-state index contributed by atoms with van der Waals surface area (Å²) in [4.78, 5) is 19.1. The second-order valence-electron chi connectivity index (χ2n) is 6.15. The lowest BCUT2D eigenvalue weighted by Crippen LogP contribution is -2.29. The molecular weight excluding hydrogens is 322 g/mol. The van der Waals surface area contributed by atoms with Crippen molar-refractivity contribution in [2.75, 3.05) is 11.9 Å². The van der Waals surface area contributed by atoms with Gasteiger partial charge in [0.15, 0.2) is 5.69 Å². The molecule has 3 N–H and O–H groups in total. The molecule has 0 radical (unpaired) electrons. The molecular formula is C18H21N3O4.